The topological polar surface area (TPSA) is 55.1 Å². The summed E-state index contributed by atoms with van der Waals surface area (Å²) in [5.74, 6) is 0.284. The monoisotopic (exact) mass is 276 g/mol. The van der Waals surface area contributed by atoms with Crippen molar-refractivity contribution in [2.75, 3.05) is 6.54 Å². The van der Waals surface area contributed by atoms with Crippen LogP contribution in [0.1, 0.15) is 45.1 Å². The second-order valence-electron chi connectivity index (χ2n) is 5.38. The number of nitrogens with one attached hydrogen (secondary N) is 1. The number of benzene rings is 1. The van der Waals surface area contributed by atoms with Gasteiger partial charge in [-0.25, -0.2) is 0 Å². The van der Waals surface area contributed by atoms with Crippen LogP contribution in [0.25, 0.3) is 0 Å². The molecule has 0 aliphatic heterocycles. The first-order chi connectivity index (χ1) is 9.71. The molecule has 2 unspecified atom stereocenters. The first-order valence-electron chi connectivity index (χ1n) is 7.75. The van der Waals surface area contributed by atoms with Crippen LogP contribution in [0.2, 0.25) is 0 Å². The summed E-state index contributed by atoms with van der Waals surface area (Å²) in [6.07, 6.45) is 4.91. The third kappa shape index (κ3) is 5.74. The summed E-state index contributed by atoms with van der Waals surface area (Å²) in [4.78, 5) is 12.3. The van der Waals surface area contributed by atoms with E-state index in [4.69, 9.17) is 5.73 Å². The molecule has 20 heavy (non-hydrogen) atoms. The molecule has 0 heterocycles. The SMILES string of the molecule is CCCCC(CC)C(=O)NC(CN)Cc1ccccc1. The number of carbonyl (C=O) groups excluding carboxylic acids is 1. The van der Waals surface area contributed by atoms with Gasteiger partial charge in [-0.15, -0.1) is 0 Å². The smallest absolute Gasteiger partial charge is 0.223 e. The summed E-state index contributed by atoms with van der Waals surface area (Å²) in [5.41, 5.74) is 7.01. The molecule has 0 aromatic heterocycles. The molecule has 1 aromatic rings. The van der Waals surface area contributed by atoms with E-state index in [1.165, 1.54) is 5.56 Å². The summed E-state index contributed by atoms with van der Waals surface area (Å²) in [6.45, 7) is 4.71. The summed E-state index contributed by atoms with van der Waals surface area (Å²) in [7, 11) is 0. The van der Waals surface area contributed by atoms with Crippen molar-refractivity contribution < 1.29 is 4.79 Å². The Bertz CT molecular complexity index is 378. The average Bonchev–Trinajstić information content (AvgIpc) is 2.48. The van der Waals surface area contributed by atoms with Crippen LogP contribution in [0.4, 0.5) is 0 Å². The van der Waals surface area contributed by atoms with Gasteiger partial charge < -0.3 is 11.1 Å². The fourth-order valence-corrected chi connectivity index (χ4v) is 2.38. The Labute approximate surface area is 122 Å². The number of rotatable bonds is 9. The number of carbonyl (C=O) groups is 1. The van der Waals surface area contributed by atoms with Crippen molar-refractivity contribution >= 4 is 5.91 Å². The molecule has 0 bridgehead atoms. The second kappa shape index (κ2) is 9.54. The van der Waals surface area contributed by atoms with Crippen LogP contribution >= 0.6 is 0 Å². The number of unbranched alkanes of at least 4 members (excludes halogenated alkanes) is 1. The van der Waals surface area contributed by atoms with Crippen LogP contribution < -0.4 is 11.1 Å². The predicted octanol–water partition coefficient (Wildman–Crippen LogP) is 2.89. The predicted molar refractivity (Wildman–Crippen MR) is 84.4 cm³/mol. The van der Waals surface area contributed by atoms with Crippen molar-refractivity contribution in [2.24, 2.45) is 11.7 Å². The minimum absolute atomic E-state index is 0.0283. The highest BCUT2D eigenvalue weighted by Gasteiger charge is 2.19. The van der Waals surface area contributed by atoms with E-state index in [-0.39, 0.29) is 17.9 Å². The van der Waals surface area contributed by atoms with E-state index in [9.17, 15) is 4.79 Å². The van der Waals surface area contributed by atoms with Gasteiger partial charge >= 0.3 is 0 Å². The molecule has 3 heteroatoms. The quantitative estimate of drug-likeness (QED) is 0.728. The molecule has 1 rings (SSSR count). The Morgan fingerprint density at radius 2 is 1.95 bits per heavy atom. The zero-order valence-electron chi connectivity index (χ0n) is 12.8. The van der Waals surface area contributed by atoms with E-state index in [2.05, 4.69) is 31.3 Å². The van der Waals surface area contributed by atoms with Crippen LogP contribution in [0, 0.1) is 5.92 Å². The minimum Gasteiger partial charge on any atom is -0.352 e. The maximum atomic E-state index is 12.3. The first kappa shape index (κ1) is 16.7. The summed E-state index contributed by atoms with van der Waals surface area (Å²) >= 11 is 0. The molecule has 3 N–H and O–H groups in total. The highest BCUT2D eigenvalue weighted by molar-refractivity contribution is 5.78. The fourth-order valence-electron chi connectivity index (χ4n) is 2.38. The standard InChI is InChI=1S/C17H28N2O/c1-3-5-11-15(4-2)17(20)19-16(13-18)12-14-9-7-6-8-10-14/h6-10,15-16H,3-5,11-13,18H2,1-2H3,(H,19,20). The average molecular weight is 276 g/mol. The first-order valence-corrected chi connectivity index (χ1v) is 7.75. The maximum Gasteiger partial charge on any atom is 0.223 e. The van der Waals surface area contributed by atoms with E-state index >= 15 is 0 Å². The number of nitrogens with two attached hydrogens (primary N) is 1. The molecule has 3 nitrogen and oxygen atoms in total. The number of hydrogen-bond donors (Lipinski definition) is 2. The van der Waals surface area contributed by atoms with Gasteiger partial charge in [0.05, 0.1) is 0 Å². The van der Waals surface area contributed by atoms with E-state index in [0.29, 0.717) is 6.54 Å². The molecule has 1 amide bonds. The Hall–Kier alpha value is -1.35. The lowest BCUT2D eigenvalue weighted by molar-refractivity contribution is -0.126. The lowest BCUT2D eigenvalue weighted by Crippen LogP contribution is -2.44. The summed E-state index contributed by atoms with van der Waals surface area (Å²) < 4.78 is 0. The highest BCUT2D eigenvalue weighted by atomic mass is 16.1. The van der Waals surface area contributed by atoms with Crippen molar-refractivity contribution in [3.05, 3.63) is 35.9 Å². The van der Waals surface area contributed by atoms with Gasteiger partial charge in [-0.3, -0.25) is 4.79 Å². The van der Waals surface area contributed by atoms with Crippen LogP contribution in [0.15, 0.2) is 30.3 Å². The Morgan fingerprint density at radius 3 is 2.50 bits per heavy atom. The molecule has 0 radical (unpaired) electrons. The molecule has 2 atom stereocenters. The zero-order valence-corrected chi connectivity index (χ0v) is 12.8. The summed E-state index contributed by atoms with van der Waals surface area (Å²) in [6, 6.07) is 10.2. The Balaban J connectivity index is 2.52. The molecular formula is C17H28N2O. The van der Waals surface area contributed by atoms with E-state index < -0.39 is 0 Å². The highest BCUT2D eigenvalue weighted by Crippen LogP contribution is 2.13. The molecule has 0 spiro atoms. The molecule has 0 saturated heterocycles. The molecular weight excluding hydrogens is 248 g/mol. The lowest BCUT2D eigenvalue weighted by atomic mass is 9.97. The minimum atomic E-state index is 0.0283. The van der Waals surface area contributed by atoms with Crippen LogP contribution in [0.5, 0.6) is 0 Å². The van der Waals surface area contributed by atoms with Crippen LogP contribution in [0.3, 0.4) is 0 Å². The van der Waals surface area contributed by atoms with Gasteiger partial charge in [-0.05, 0) is 24.8 Å². The van der Waals surface area contributed by atoms with Crippen molar-refractivity contribution in [1.82, 2.24) is 5.32 Å². The van der Waals surface area contributed by atoms with Gasteiger partial charge in [0.2, 0.25) is 5.91 Å². The number of hydrogen-bond acceptors (Lipinski definition) is 2. The van der Waals surface area contributed by atoms with Gasteiger partial charge in [-0.2, -0.15) is 0 Å². The molecule has 0 fully saturated rings. The zero-order chi connectivity index (χ0) is 14.8. The fraction of sp³-hybridized carbons (Fsp3) is 0.588. The molecule has 0 aliphatic rings. The van der Waals surface area contributed by atoms with E-state index in [0.717, 1.165) is 32.1 Å². The van der Waals surface area contributed by atoms with Crippen molar-refractivity contribution in [2.45, 2.75) is 52.0 Å². The molecule has 1 aromatic carbocycles. The van der Waals surface area contributed by atoms with Crippen molar-refractivity contribution in [3.63, 3.8) is 0 Å². The van der Waals surface area contributed by atoms with Crippen LogP contribution in [-0.4, -0.2) is 18.5 Å². The molecule has 0 saturated carbocycles. The molecule has 112 valence electrons. The normalized spacial score (nSPS) is 13.8. The maximum absolute atomic E-state index is 12.3. The second-order valence-corrected chi connectivity index (χ2v) is 5.38. The third-order valence-electron chi connectivity index (χ3n) is 3.73. The van der Waals surface area contributed by atoms with E-state index in [1.54, 1.807) is 0 Å². The largest absolute Gasteiger partial charge is 0.352 e. The van der Waals surface area contributed by atoms with Crippen molar-refractivity contribution in [1.29, 1.82) is 0 Å². The van der Waals surface area contributed by atoms with Crippen molar-refractivity contribution in [3.8, 4) is 0 Å². The van der Waals surface area contributed by atoms with Gasteiger partial charge in [0.1, 0.15) is 0 Å². The van der Waals surface area contributed by atoms with Crippen LogP contribution in [-0.2, 0) is 11.2 Å². The van der Waals surface area contributed by atoms with E-state index in [1.807, 2.05) is 18.2 Å². The lowest BCUT2D eigenvalue weighted by Gasteiger charge is -2.21. The third-order valence-corrected chi connectivity index (χ3v) is 3.73. The molecule has 0 aliphatic carbocycles. The van der Waals surface area contributed by atoms with Gasteiger partial charge in [-0.1, -0.05) is 57.0 Å². The van der Waals surface area contributed by atoms with Gasteiger partial charge in [0, 0.05) is 18.5 Å². The number of amides is 1. The van der Waals surface area contributed by atoms with Gasteiger partial charge in [0.15, 0.2) is 0 Å². The summed E-state index contributed by atoms with van der Waals surface area (Å²) in [5, 5.41) is 3.11. The Kier molecular flexibility index (Phi) is 7.97. The van der Waals surface area contributed by atoms with Gasteiger partial charge in [0.25, 0.3) is 0 Å². The Morgan fingerprint density at radius 1 is 1.25 bits per heavy atom.